The second-order valence-electron chi connectivity index (χ2n) is 3.38. The van der Waals surface area contributed by atoms with Crippen LogP contribution in [0.1, 0.15) is 15.2 Å². The second-order valence-corrected chi connectivity index (χ2v) is 4.82. The van der Waals surface area contributed by atoms with Gasteiger partial charge in [-0.2, -0.15) is 13.2 Å². The van der Waals surface area contributed by atoms with E-state index in [9.17, 15) is 18.0 Å². The molecule has 0 aliphatic rings. The normalized spacial score (nSPS) is 11.6. The van der Waals surface area contributed by atoms with Crippen LogP contribution in [0.3, 0.4) is 0 Å². The number of aromatic nitrogens is 2. The van der Waals surface area contributed by atoms with Crippen molar-refractivity contribution in [3.63, 3.8) is 0 Å². The third-order valence-electron chi connectivity index (χ3n) is 2.12. The number of nitrogens with zero attached hydrogens (tertiary/aromatic N) is 2. The molecule has 0 saturated carbocycles. The fraction of sp³-hybridized carbons (Fsp3) is 0.100. The Kier molecular flexibility index (Phi) is 3.46. The molecular weight excluding hydrogens is 305 g/mol. The van der Waals surface area contributed by atoms with E-state index in [2.05, 4.69) is 9.97 Å². The quantitative estimate of drug-likeness (QED) is 0.861. The number of rotatable bonds is 2. The molecular formula is C10H4ClF3N2O2S. The van der Waals surface area contributed by atoms with Crippen molar-refractivity contribution in [1.29, 1.82) is 0 Å². The van der Waals surface area contributed by atoms with Crippen LogP contribution in [-0.4, -0.2) is 21.0 Å². The molecule has 0 fully saturated rings. The Hall–Kier alpha value is -1.67. The van der Waals surface area contributed by atoms with E-state index in [0.29, 0.717) is 11.3 Å². The molecule has 0 amide bonds. The van der Waals surface area contributed by atoms with Crippen molar-refractivity contribution in [2.45, 2.75) is 6.18 Å². The van der Waals surface area contributed by atoms with Crippen LogP contribution in [0.2, 0.25) is 5.15 Å². The molecule has 2 aromatic heterocycles. The fourth-order valence-corrected chi connectivity index (χ4v) is 2.49. The Bertz CT molecular complexity index is 642. The first-order valence-electron chi connectivity index (χ1n) is 4.71. The molecule has 19 heavy (non-hydrogen) atoms. The molecule has 0 radical (unpaired) electrons. The molecule has 0 aliphatic heterocycles. The fourth-order valence-electron chi connectivity index (χ4n) is 1.36. The predicted molar refractivity (Wildman–Crippen MR) is 62.3 cm³/mol. The molecule has 0 saturated heterocycles. The number of hydrogen-bond acceptors (Lipinski definition) is 4. The van der Waals surface area contributed by atoms with Gasteiger partial charge in [-0.05, 0) is 6.07 Å². The first kappa shape index (κ1) is 13.8. The lowest BCUT2D eigenvalue weighted by Crippen LogP contribution is -2.09. The first-order valence-corrected chi connectivity index (χ1v) is 5.90. The zero-order chi connectivity index (χ0) is 14.2. The van der Waals surface area contributed by atoms with Crippen molar-refractivity contribution in [2.75, 3.05) is 0 Å². The number of halogens is 4. The average Bonchev–Trinajstić information content (AvgIpc) is 2.73. The minimum atomic E-state index is -4.74. The maximum Gasteiger partial charge on any atom is 0.418 e. The van der Waals surface area contributed by atoms with E-state index in [1.165, 1.54) is 6.07 Å². The van der Waals surface area contributed by atoms with Gasteiger partial charge < -0.3 is 5.11 Å². The van der Waals surface area contributed by atoms with Gasteiger partial charge in [0.2, 0.25) is 0 Å². The van der Waals surface area contributed by atoms with Crippen LogP contribution in [0, 0.1) is 0 Å². The summed E-state index contributed by atoms with van der Waals surface area (Å²) in [5.41, 5.74) is -1.06. The van der Waals surface area contributed by atoms with Crippen LogP contribution < -0.4 is 0 Å². The number of aromatic carboxylic acids is 1. The largest absolute Gasteiger partial charge is 0.477 e. The van der Waals surface area contributed by atoms with E-state index in [4.69, 9.17) is 16.7 Å². The summed E-state index contributed by atoms with van der Waals surface area (Å²) in [4.78, 5) is 17.5. The number of hydrogen-bond donors (Lipinski definition) is 1. The molecule has 2 heterocycles. The smallest absolute Gasteiger partial charge is 0.418 e. The predicted octanol–water partition coefficient (Wildman–Crippen LogP) is 3.58. The zero-order valence-corrected chi connectivity index (χ0v) is 10.5. The highest BCUT2D eigenvalue weighted by Crippen LogP contribution is 2.40. The van der Waals surface area contributed by atoms with Crippen molar-refractivity contribution >= 4 is 28.9 Å². The number of alkyl halides is 3. The molecule has 9 heteroatoms. The van der Waals surface area contributed by atoms with Crippen molar-refractivity contribution in [3.8, 4) is 10.6 Å². The van der Waals surface area contributed by atoms with E-state index in [1.807, 2.05) is 0 Å². The highest BCUT2D eigenvalue weighted by atomic mass is 35.5. The van der Waals surface area contributed by atoms with Gasteiger partial charge in [0.15, 0.2) is 0 Å². The highest BCUT2D eigenvalue weighted by molar-refractivity contribution is 7.17. The lowest BCUT2D eigenvalue weighted by atomic mass is 10.2. The highest BCUT2D eigenvalue weighted by Gasteiger charge is 2.37. The minimum absolute atomic E-state index is 0.0591. The number of carboxylic acid groups (broad SMARTS) is 1. The van der Waals surface area contributed by atoms with E-state index < -0.39 is 22.6 Å². The van der Waals surface area contributed by atoms with Gasteiger partial charge in [0.1, 0.15) is 16.4 Å². The van der Waals surface area contributed by atoms with Gasteiger partial charge in [0.05, 0.1) is 16.1 Å². The van der Waals surface area contributed by atoms with E-state index in [0.717, 1.165) is 12.4 Å². The van der Waals surface area contributed by atoms with Crippen molar-refractivity contribution in [1.82, 2.24) is 9.97 Å². The molecule has 2 aromatic rings. The van der Waals surface area contributed by atoms with E-state index in [1.54, 1.807) is 0 Å². The SMILES string of the molecule is O=C(O)c1sc(-c2cc(Cl)ncn2)cc1C(F)(F)F. The summed E-state index contributed by atoms with van der Waals surface area (Å²) < 4.78 is 38.1. The molecule has 0 bridgehead atoms. The summed E-state index contributed by atoms with van der Waals surface area (Å²) in [5.74, 6) is -1.64. The zero-order valence-electron chi connectivity index (χ0n) is 8.90. The molecule has 0 spiro atoms. The van der Waals surface area contributed by atoms with Crippen LogP contribution in [0.25, 0.3) is 10.6 Å². The Balaban J connectivity index is 2.58. The van der Waals surface area contributed by atoms with Crippen molar-refractivity contribution < 1.29 is 23.1 Å². The summed E-state index contributed by atoms with van der Waals surface area (Å²) in [6.07, 6.45) is -3.65. The Morgan fingerprint density at radius 2 is 2.00 bits per heavy atom. The van der Waals surface area contributed by atoms with Gasteiger partial charge in [-0.1, -0.05) is 11.6 Å². The standard InChI is InChI=1S/C10H4ClF3N2O2S/c11-7-2-5(15-3-16-7)6-1-4(10(12,13)14)8(19-6)9(17)18/h1-3H,(H,17,18). The van der Waals surface area contributed by atoms with Gasteiger partial charge in [0.25, 0.3) is 0 Å². The Labute approximate surface area is 113 Å². The molecule has 1 N–H and O–H groups in total. The lowest BCUT2D eigenvalue weighted by molar-refractivity contribution is -0.137. The maximum atomic E-state index is 12.7. The average molecular weight is 309 g/mol. The van der Waals surface area contributed by atoms with Crippen LogP contribution >= 0.6 is 22.9 Å². The molecule has 2 rings (SSSR count). The Morgan fingerprint density at radius 1 is 1.32 bits per heavy atom. The Morgan fingerprint density at radius 3 is 2.47 bits per heavy atom. The van der Waals surface area contributed by atoms with Gasteiger partial charge >= 0.3 is 12.1 Å². The summed E-state index contributed by atoms with van der Waals surface area (Å²) in [6.45, 7) is 0. The van der Waals surface area contributed by atoms with E-state index >= 15 is 0 Å². The number of thiophene rings is 1. The third-order valence-corrected chi connectivity index (χ3v) is 3.47. The molecule has 100 valence electrons. The van der Waals surface area contributed by atoms with E-state index in [-0.39, 0.29) is 15.7 Å². The minimum Gasteiger partial charge on any atom is -0.477 e. The van der Waals surface area contributed by atoms with Gasteiger partial charge in [-0.25, -0.2) is 14.8 Å². The third kappa shape index (κ3) is 2.85. The summed E-state index contributed by atoms with van der Waals surface area (Å²) in [6, 6.07) is 2.01. The summed E-state index contributed by atoms with van der Waals surface area (Å²) in [7, 11) is 0. The van der Waals surface area contributed by atoms with Crippen LogP contribution in [0.4, 0.5) is 13.2 Å². The van der Waals surface area contributed by atoms with Crippen LogP contribution in [-0.2, 0) is 6.18 Å². The molecule has 0 atom stereocenters. The van der Waals surface area contributed by atoms with Crippen LogP contribution in [0.5, 0.6) is 0 Å². The molecule has 0 aliphatic carbocycles. The number of carbonyl (C=O) groups is 1. The lowest BCUT2D eigenvalue weighted by Gasteiger charge is -2.03. The summed E-state index contributed by atoms with van der Waals surface area (Å²) in [5, 5.41) is 8.85. The topological polar surface area (TPSA) is 63.1 Å². The summed E-state index contributed by atoms with van der Waals surface area (Å²) >= 11 is 6.10. The number of carboxylic acids is 1. The molecule has 0 aromatic carbocycles. The van der Waals surface area contributed by atoms with Gasteiger partial charge in [0, 0.05) is 6.07 Å². The van der Waals surface area contributed by atoms with Gasteiger partial charge in [-0.3, -0.25) is 0 Å². The second kappa shape index (κ2) is 4.78. The maximum absolute atomic E-state index is 12.7. The van der Waals surface area contributed by atoms with Crippen molar-refractivity contribution in [3.05, 3.63) is 34.1 Å². The van der Waals surface area contributed by atoms with Crippen LogP contribution in [0.15, 0.2) is 18.5 Å². The van der Waals surface area contributed by atoms with Gasteiger partial charge in [-0.15, -0.1) is 11.3 Å². The molecule has 0 unspecified atom stereocenters. The monoisotopic (exact) mass is 308 g/mol. The van der Waals surface area contributed by atoms with Crippen molar-refractivity contribution in [2.24, 2.45) is 0 Å². The molecule has 4 nitrogen and oxygen atoms in total. The first-order chi connectivity index (χ1) is 8.79.